The fourth-order valence-electron chi connectivity index (χ4n) is 1.88. The molecule has 0 saturated carbocycles. The van der Waals surface area contributed by atoms with E-state index in [1.54, 1.807) is 12.1 Å². The van der Waals surface area contributed by atoms with Crippen LogP contribution in [0.4, 0.5) is 10.2 Å². The summed E-state index contributed by atoms with van der Waals surface area (Å²) in [5.41, 5.74) is 2.89. The van der Waals surface area contributed by atoms with E-state index in [0.29, 0.717) is 5.82 Å². The predicted octanol–water partition coefficient (Wildman–Crippen LogP) is 3.20. The van der Waals surface area contributed by atoms with Gasteiger partial charge in [0.25, 0.3) is 0 Å². The Morgan fingerprint density at radius 3 is 2.39 bits per heavy atom. The monoisotopic (exact) mass is 245 g/mol. The largest absolute Gasteiger partial charge is 0.373 e. The van der Waals surface area contributed by atoms with Crippen LogP contribution in [0.2, 0.25) is 0 Å². The molecular weight excluding hydrogens is 229 g/mol. The van der Waals surface area contributed by atoms with Gasteiger partial charge in [-0.05, 0) is 37.6 Å². The number of nitrogens with zero attached hydrogens (tertiary/aromatic N) is 2. The molecule has 1 N–H and O–H groups in total. The van der Waals surface area contributed by atoms with Crippen LogP contribution in [-0.2, 0) is 6.42 Å². The lowest BCUT2D eigenvalue weighted by Gasteiger charge is -2.11. The molecule has 1 heterocycles. The highest BCUT2D eigenvalue weighted by atomic mass is 19.1. The van der Waals surface area contributed by atoms with Crippen LogP contribution in [0.25, 0.3) is 11.4 Å². The quantitative estimate of drug-likeness (QED) is 0.902. The Labute approximate surface area is 106 Å². The van der Waals surface area contributed by atoms with Crippen molar-refractivity contribution >= 4 is 5.82 Å². The van der Waals surface area contributed by atoms with E-state index < -0.39 is 0 Å². The van der Waals surface area contributed by atoms with Crippen molar-refractivity contribution in [3.8, 4) is 11.4 Å². The first-order chi connectivity index (χ1) is 8.65. The van der Waals surface area contributed by atoms with Crippen LogP contribution in [-0.4, -0.2) is 17.0 Å². The Balaban J connectivity index is 2.54. The zero-order chi connectivity index (χ0) is 13.1. The average molecular weight is 245 g/mol. The van der Waals surface area contributed by atoms with Crippen molar-refractivity contribution in [2.45, 2.75) is 20.3 Å². The molecule has 0 spiro atoms. The summed E-state index contributed by atoms with van der Waals surface area (Å²) in [6.07, 6.45) is 0.844. The molecule has 3 nitrogen and oxygen atoms in total. The van der Waals surface area contributed by atoms with Gasteiger partial charge in [0.1, 0.15) is 11.6 Å². The smallest absolute Gasteiger partial charge is 0.161 e. The van der Waals surface area contributed by atoms with Gasteiger partial charge in [0.15, 0.2) is 5.82 Å². The summed E-state index contributed by atoms with van der Waals surface area (Å²) in [6.45, 7) is 4.06. The van der Waals surface area contributed by atoms with Crippen LogP contribution in [0.1, 0.15) is 18.2 Å². The summed E-state index contributed by atoms with van der Waals surface area (Å²) in [4.78, 5) is 8.98. The molecule has 0 atom stereocenters. The van der Waals surface area contributed by atoms with Gasteiger partial charge in [-0.2, -0.15) is 0 Å². The number of hydrogen-bond donors (Lipinski definition) is 1. The molecule has 0 bridgehead atoms. The van der Waals surface area contributed by atoms with Gasteiger partial charge in [0.05, 0.1) is 0 Å². The van der Waals surface area contributed by atoms with Crippen molar-refractivity contribution in [2.75, 3.05) is 12.4 Å². The first-order valence-electron chi connectivity index (χ1n) is 5.97. The van der Waals surface area contributed by atoms with Crippen molar-refractivity contribution in [3.63, 3.8) is 0 Å². The standard InChI is InChI=1S/C14H16FN3/c1-4-12-9(2)13(16-3)18-14(17-12)10-5-7-11(15)8-6-10/h5-8H,4H2,1-3H3,(H,16,17,18). The first-order valence-corrected chi connectivity index (χ1v) is 5.97. The van der Waals surface area contributed by atoms with Gasteiger partial charge >= 0.3 is 0 Å². The fraction of sp³-hybridized carbons (Fsp3) is 0.286. The van der Waals surface area contributed by atoms with E-state index in [1.807, 2.05) is 14.0 Å². The summed E-state index contributed by atoms with van der Waals surface area (Å²) < 4.78 is 12.9. The molecule has 0 radical (unpaired) electrons. The van der Waals surface area contributed by atoms with E-state index in [9.17, 15) is 4.39 Å². The second-order valence-electron chi connectivity index (χ2n) is 4.08. The van der Waals surface area contributed by atoms with Crippen LogP contribution < -0.4 is 5.32 Å². The number of rotatable bonds is 3. The maximum absolute atomic E-state index is 12.9. The van der Waals surface area contributed by atoms with Crippen LogP contribution in [0.5, 0.6) is 0 Å². The number of anilines is 1. The molecule has 1 aromatic heterocycles. The molecule has 0 saturated heterocycles. The number of aryl methyl sites for hydroxylation is 1. The Hall–Kier alpha value is -1.97. The molecule has 4 heteroatoms. The number of aromatic nitrogens is 2. The highest BCUT2D eigenvalue weighted by Gasteiger charge is 2.10. The number of benzene rings is 1. The van der Waals surface area contributed by atoms with Gasteiger partial charge in [-0.3, -0.25) is 0 Å². The van der Waals surface area contributed by atoms with E-state index in [0.717, 1.165) is 29.1 Å². The average Bonchev–Trinajstić information content (AvgIpc) is 2.40. The second-order valence-corrected chi connectivity index (χ2v) is 4.08. The van der Waals surface area contributed by atoms with Crippen LogP contribution in [0, 0.1) is 12.7 Å². The molecule has 0 aliphatic heterocycles. The molecule has 18 heavy (non-hydrogen) atoms. The first kappa shape index (κ1) is 12.5. The summed E-state index contributed by atoms with van der Waals surface area (Å²) in [6, 6.07) is 6.23. The van der Waals surface area contributed by atoms with Crippen LogP contribution in [0.15, 0.2) is 24.3 Å². The lowest BCUT2D eigenvalue weighted by molar-refractivity contribution is 0.628. The number of nitrogens with one attached hydrogen (secondary N) is 1. The van der Waals surface area contributed by atoms with Crippen molar-refractivity contribution < 1.29 is 4.39 Å². The topological polar surface area (TPSA) is 37.8 Å². The normalized spacial score (nSPS) is 10.4. The van der Waals surface area contributed by atoms with E-state index >= 15 is 0 Å². The fourth-order valence-corrected chi connectivity index (χ4v) is 1.88. The Bertz CT molecular complexity index is 524. The molecule has 0 unspecified atom stereocenters. The summed E-state index contributed by atoms with van der Waals surface area (Å²) in [5, 5.41) is 3.07. The van der Waals surface area contributed by atoms with Gasteiger partial charge in [-0.1, -0.05) is 6.92 Å². The zero-order valence-corrected chi connectivity index (χ0v) is 10.8. The van der Waals surface area contributed by atoms with Crippen molar-refractivity contribution in [2.24, 2.45) is 0 Å². The lowest BCUT2D eigenvalue weighted by Crippen LogP contribution is -2.04. The minimum atomic E-state index is -0.254. The third kappa shape index (κ3) is 2.32. The summed E-state index contributed by atoms with van der Waals surface area (Å²) >= 11 is 0. The maximum atomic E-state index is 12.9. The van der Waals surface area contributed by atoms with Crippen molar-refractivity contribution in [1.82, 2.24) is 9.97 Å². The SMILES string of the molecule is CCc1nc(-c2ccc(F)cc2)nc(NC)c1C. The zero-order valence-electron chi connectivity index (χ0n) is 10.8. The van der Waals surface area contributed by atoms with Gasteiger partial charge in [0.2, 0.25) is 0 Å². The number of hydrogen-bond acceptors (Lipinski definition) is 3. The van der Waals surface area contributed by atoms with Gasteiger partial charge in [-0.15, -0.1) is 0 Å². The van der Waals surface area contributed by atoms with Crippen LogP contribution >= 0.6 is 0 Å². The van der Waals surface area contributed by atoms with E-state index in [-0.39, 0.29) is 5.82 Å². The van der Waals surface area contributed by atoms with Gasteiger partial charge in [-0.25, -0.2) is 14.4 Å². The minimum Gasteiger partial charge on any atom is -0.373 e. The molecule has 0 aliphatic carbocycles. The maximum Gasteiger partial charge on any atom is 0.161 e. The minimum absolute atomic E-state index is 0.254. The molecule has 94 valence electrons. The third-order valence-electron chi connectivity index (χ3n) is 2.92. The molecule has 1 aromatic carbocycles. The Kier molecular flexibility index (Phi) is 3.55. The van der Waals surface area contributed by atoms with E-state index in [2.05, 4.69) is 22.2 Å². The molecule has 2 aromatic rings. The third-order valence-corrected chi connectivity index (χ3v) is 2.92. The molecule has 2 rings (SSSR count). The Morgan fingerprint density at radius 1 is 1.17 bits per heavy atom. The van der Waals surface area contributed by atoms with Crippen molar-refractivity contribution in [1.29, 1.82) is 0 Å². The van der Waals surface area contributed by atoms with Gasteiger partial charge in [0, 0.05) is 23.9 Å². The Morgan fingerprint density at radius 2 is 1.83 bits per heavy atom. The van der Waals surface area contributed by atoms with E-state index in [4.69, 9.17) is 0 Å². The highest BCUT2D eigenvalue weighted by molar-refractivity contribution is 5.59. The molecular formula is C14H16FN3. The number of halogens is 1. The summed E-state index contributed by atoms with van der Waals surface area (Å²) in [7, 11) is 1.84. The molecule has 0 amide bonds. The predicted molar refractivity (Wildman–Crippen MR) is 71.1 cm³/mol. The van der Waals surface area contributed by atoms with Gasteiger partial charge < -0.3 is 5.32 Å². The summed E-state index contributed by atoms with van der Waals surface area (Å²) in [5.74, 6) is 1.19. The van der Waals surface area contributed by atoms with E-state index in [1.165, 1.54) is 12.1 Å². The molecule has 0 aliphatic rings. The second kappa shape index (κ2) is 5.12. The van der Waals surface area contributed by atoms with Crippen LogP contribution in [0.3, 0.4) is 0 Å². The lowest BCUT2D eigenvalue weighted by atomic mass is 10.1. The highest BCUT2D eigenvalue weighted by Crippen LogP contribution is 2.22. The van der Waals surface area contributed by atoms with Crippen molar-refractivity contribution in [3.05, 3.63) is 41.3 Å². The molecule has 0 fully saturated rings.